The van der Waals surface area contributed by atoms with Gasteiger partial charge in [-0.05, 0) is 86.1 Å². The summed E-state index contributed by atoms with van der Waals surface area (Å²) in [4.78, 5) is 60.2. The highest BCUT2D eigenvalue weighted by molar-refractivity contribution is 6.25. The van der Waals surface area contributed by atoms with E-state index in [1.54, 1.807) is 4.90 Å². The summed E-state index contributed by atoms with van der Waals surface area (Å²) in [7, 11) is 4.54. The molecule has 0 saturated heterocycles. The van der Waals surface area contributed by atoms with E-state index in [1.807, 2.05) is 50.6 Å². The van der Waals surface area contributed by atoms with Gasteiger partial charge >= 0.3 is 11.9 Å². The molecule has 8 bridgehead atoms. The third kappa shape index (κ3) is 7.90. The van der Waals surface area contributed by atoms with Gasteiger partial charge in [-0.1, -0.05) is 26.8 Å². The molecule has 0 aliphatic carbocycles. The van der Waals surface area contributed by atoms with E-state index in [9.17, 15) is 14.4 Å². The van der Waals surface area contributed by atoms with E-state index in [0.717, 1.165) is 70.3 Å². The number of carbonyl (C=O) groups excluding carboxylic acids is 3. The minimum Gasteiger partial charge on any atom is -0.469 e. The van der Waals surface area contributed by atoms with Crippen molar-refractivity contribution >= 4 is 51.1 Å². The number of fused-ring (bicyclic) bond motifs is 8. The zero-order chi connectivity index (χ0) is 40.3. The number of hydrogen-bond acceptors (Lipinski definition) is 7. The minimum atomic E-state index is -0.553. The molecule has 0 saturated carbocycles. The second-order valence-electron chi connectivity index (χ2n) is 15.0. The van der Waals surface area contributed by atoms with Crippen molar-refractivity contribution < 1.29 is 28.4 Å². The van der Waals surface area contributed by atoms with Gasteiger partial charge in [-0.15, -0.1) is 0 Å². The van der Waals surface area contributed by atoms with Crippen LogP contribution in [0.3, 0.4) is 0 Å². The van der Waals surface area contributed by atoms with E-state index >= 15 is 0 Å². The van der Waals surface area contributed by atoms with E-state index in [4.69, 9.17) is 19.4 Å². The van der Waals surface area contributed by atoms with Gasteiger partial charge in [0.25, 0.3) is 0 Å². The van der Waals surface area contributed by atoms with Crippen molar-refractivity contribution in [3.63, 3.8) is 0 Å². The zero-order valence-corrected chi connectivity index (χ0v) is 34.3. The highest BCUT2D eigenvalue weighted by Gasteiger charge is 2.36. The van der Waals surface area contributed by atoms with Crippen LogP contribution < -0.4 is 4.57 Å². The SMILES string of the molecule is CCc1c(C)c2cc3[nH]c(cc4nc(c(CC(=O)OC)c5nc(cc1[nH]2)C(C)=C5C(=O)OC)[C@@H](CCC(=O)N(C)CCC[n+]1ccccc1)[C@@H]4C)c(C)c3CC. The van der Waals surface area contributed by atoms with Crippen LogP contribution in [0.5, 0.6) is 0 Å². The highest BCUT2D eigenvalue weighted by atomic mass is 16.5. The summed E-state index contributed by atoms with van der Waals surface area (Å²) in [6.45, 7) is 14.0. The van der Waals surface area contributed by atoms with Gasteiger partial charge in [0.05, 0.1) is 43.3 Å². The number of carbonyl (C=O) groups is 3. The molecular formula is C45H55N6O5+. The molecule has 294 valence electrons. The van der Waals surface area contributed by atoms with Crippen LogP contribution in [0.15, 0.2) is 48.8 Å². The van der Waals surface area contributed by atoms with Crippen LogP contribution in [0.1, 0.15) is 109 Å². The number of rotatable bonds is 12. The first-order chi connectivity index (χ1) is 26.9. The Kier molecular flexibility index (Phi) is 12.2. The topological polar surface area (TPSA) is 134 Å². The van der Waals surface area contributed by atoms with Crippen LogP contribution in [0.25, 0.3) is 33.2 Å². The number of ether oxygens (including phenoxy) is 2. The Bertz CT molecular complexity index is 2360. The van der Waals surface area contributed by atoms with E-state index < -0.39 is 11.9 Å². The average molecular weight is 760 g/mol. The molecule has 11 nitrogen and oxygen atoms in total. The summed E-state index contributed by atoms with van der Waals surface area (Å²) in [6, 6.07) is 12.2. The Morgan fingerprint density at radius 3 is 2.11 bits per heavy atom. The lowest BCUT2D eigenvalue weighted by Crippen LogP contribution is -2.35. The van der Waals surface area contributed by atoms with Gasteiger partial charge in [0.2, 0.25) is 5.91 Å². The first-order valence-corrected chi connectivity index (χ1v) is 19.7. The number of esters is 2. The molecule has 2 aliphatic heterocycles. The number of pyridine rings is 1. The van der Waals surface area contributed by atoms with E-state index in [2.05, 4.69) is 61.3 Å². The second kappa shape index (κ2) is 17.1. The summed E-state index contributed by atoms with van der Waals surface area (Å²) >= 11 is 0. The number of nitrogens with one attached hydrogen (secondary N) is 2. The number of hydrogen-bond donors (Lipinski definition) is 2. The number of aromatic nitrogens is 5. The van der Waals surface area contributed by atoms with E-state index in [1.165, 1.54) is 19.8 Å². The fraction of sp³-hybridized carbons (Fsp3) is 0.422. The van der Waals surface area contributed by atoms with Crippen molar-refractivity contribution in [2.45, 2.75) is 98.4 Å². The summed E-state index contributed by atoms with van der Waals surface area (Å²) in [6.07, 6.45) is 7.11. The molecule has 2 atom stereocenters. The fourth-order valence-corrected chi connectivity index (χ4v) is 8.30. The number of amides is 1. The summed E-state index contributed by atoms with van der Waals surface area (Å²) in [5, 5.41) is 0. The molecule has 2 aliphatic rings. The Balaban J connectivity index is 1.56. The normalized spacial score (nSPS) is 15.2. The van der Waals surface area contributed by atoms with E-state index in [-0.39, 0.29) is 36.2 Å². The van der Waals surface area contributed by atoms with Crippen LogP contribution in [-0.4, -0.2) is 70.5 Å². The van der Waals surface area contributed by atoms with Crippen molar-refractivity contribution in [1.29, 1.82) is 0 Å². The lowest BCUT2D eigenvalue weighted by atomic mass is 9.84. The van der Waals surface area contributed by atoms with Crippen molar-refractivity contribution in [1.82, 2.24) is 24.8 Å². The van der Waals surface area contributed by atoms with Crippen LogP contribution in [0.2, 0.25) is 0 Å². The van der Waals surface area contributed by atoms with Crippen LogP contribution in [0, 0.1) is 13.8 Å². The molecule has 6 rings (SSSR count). The molecule has 1 amide bonds. The second-order valence-corrected chi connectivity index (χ2v) is 15.0. The van der Waals surface area contributed by atoms with Crippen molar-refractivity contribution in [2.75, 3.05) is 27.8 Å². The molecule has 56 heavy (non-hydrogen) atoms. The summed E-state index contributed by atoms with van der Waals surface area (Å²) in [5.74, 6) is -1.38. The molecule has 0 radical (unpaired) electrons. The minimum absolute atomic E-state index is 0.0366. The maximum atomic E-state index is 13.7. The fourth-order valence-electron chi connectivity index (χ4n) is 8.30. The molecule has 0 aromatic carbocycles. The maximum absolute atomic E-state index is 13.7. The zero-order valence-electron chi connectivity index (χ0n) is 34.3. The average Bonchev–Trinajstić information content (AvgIpc) is 3.88. The third-order valence-electron chi connectivity index (χ3n) is 11.7. The summed E-state index contributed by atoms with van der Waals surface area (Å²) in [5.41, 5.74) is 12.4. The largest absolute Gasteiger partial charge is 0.469 e. The molecule has 6 heterocycles. The Morgan fingerprint density at radius 1 is 0.839 bits per heavy atom. The van der Waals surface area contributed by atoms with Crippen molar-refractivity contribution in [3.05, 3.63) is 99.4 Å². The van der Waals surface area contributed by atoms with Gasteiger partial charge in [-0.25, -0.2) is 14.3 Å². The lowest BCUT2D eigenvalue weighted by molar-refractivity contribution is -0.697. The Hall–Kier alpha value is -5.58. The Labute approximate surface area is 329 Å². The number of aryl methyl sites for hydroxylation is 5. The van der Waals surface area contributed by atoms with E-state index in [0.29, 0.717) is 41.2 Å². The van der Waals surface area contributed by atoms with Gasteiger partial charge in [0.1, 0.15) is 6.54 Å². The third-order valence-corrected chi connectivity index (χ3v) is 11.7. The smallest absolute Gasteiger partial charge is 0.340 e. The molecule has 0 spiro atoms. The number of allylic oxidation sites excluding steroid dienone is 1. The van der Waals surface area contributed by atoms with Gasteiger partial charge in [-0.2, -0.15) is 0 Å². The molecule has 0 unspecified atom stereocenters. The Morgan fingerprint density at radius 2 is 1.48 bits per heavy atom. The van der Waals surface area contributed by atoms with Gasteiger partial charge in [-0.3, -0.25) is 14.6 Å². The first-order valence-electron chi connectivity index (χ1n) is 19.7. The van der Waals surface area contributed by atoms with Crippen molar-refractivity contribution in [2.24, 2.45) is 0 Å². The molecular weight excluding hydrogens is 705 g/mol. The number of nitrogens with zero attached hydrogens (tertiary/aromatic N) is 4. The summed E-state index contributed by atoms with van der Waals surface area (Å²) < 4.78 is 12.7. The van der Waals surface area contributed by atoms with Crippen LogP contribution >= 0.6 is 0 Å². The highest BCUT2D eigenvalue weighted by Crippen LogP contribution is 2.44. The quantitative estimate of drug-likeness (QED) is 0.114. The predicted molar refractivity (Wildman–Crippen MR) is 219 cm³/mol. The number of aromatic amines is 2. The first kappa shape index (κ1) is 40.1. The van der Waals surface area contributed by atoms with Gasteiger partial charge in [0.15, 0.2) is 12.4 Å². The molecule has 4 aromatic heterocycles. The number of methoxy groups -OCH3 is 2. The van der Waals surface area contributed by atoms with Gasteiger partial charge < -0.3 is 24.3 Å². The predicted octanol–water partition coefficient (Wildman–Crippen LogP) is 7.38. The monoisotopic (exact) mass is 759 g/mol. The molecule has 11 heteroatoms. The molecule has 4 aromatic rings. The standard InChI is InChI=1S/C45H54N6O5/c1-10-30-26(3)34-23-36-28(5)32(16-17-40(52)50(7)18-15-21-51-19-13-12-14-20-51)43(48-36)33(22-41(53)55-8)44-42(45(54)56-9)29(6)37(49-44)25-39-31(11-2)27(4)35(47-39)24-38(30)46-34/h12-14,19-20,23-25,28,32H,10-11,15-18,21-22H2,1-9H3,(H-,46,47,48,49,54)/p+1/t28-,32-/m0/s1. The van der Waals surface area contributed by atoms with Gasteiger partial charge in [0, 0.05) is 83.7 Å². The van der Waals surface area contributed by atoms with Crippen molar-refractivity contribution in [3.8, 4) is 0 Å². The van der Waals surface area contributed by atoms with Crippen LogP contribution in [-0.2, 0) is 49.7 Å². The molecule has 0 fully saturated rings. The lowest BCUT2D eigenvalue weighted by Gasteiger charge is -2.21. The molecule has 2 N–H and O–H groups in total. The maximum Gasteiger partial charge on any atom is 0.340 e. The number of H-pyrrole nitrogens is 2. The van der Waals surface area contributed by atoms with Crippen LogP contribution in [0.4, 0.5) is 0 Å².